The highest BCUT2D eigenvalue weighted by molar-refractivity contribution is 7.92. The molecule has 40 heavy (non-hydrogen) atoms. The van der Waals surface area contributed by atoms with Crippen LogP contribution in [-0.2, 0) is 26.2 Å². The molecule has 3 aromatic carbocycles. The van der Waals surface area contributed by atoms with E-state index in [1.54, 1.807) is 49.4 Å². The number of carbonyl (C=O) groups is 2. The number of benzene rings is 3. The second kappa shape index (κ2) is 13.5. The normalized spacial score (nSPS) is 12.1. The average molecular weight is 605 g/mol. The van der Waals surface area contributed by atoms with Crippen molar-refractivity contribution in [2.45, 2.75) is 58.5 Å². The van der Waals surface area contributed by atoms with Crippen LogP contribution in [0.25, 0.3) is 0 Å². The minimum absolute atomic E-state index is 0.0130. The lowest BCUT2D eigenvalue weighted by Gasteiger charge is -2.32. The van der Waals surface area contributed by atoms with Crippen molar-refractivity contribution < 1.29 is 18.0 Å². The number of aryl methyl sites for hydroxylation is 3. The van der Waals surface area contributed by atoms with E-state index >= 15 is 0 Å². The third-order valence-corrected chi connectivity index (χ3v) is 9.11. The lowest BCUT2D eigenvalue weighted by atomic mass is 10.1. The molecule has 0 aromatic heterocycles. The number of halogens is 2. The van der Waals surface area contributed by atoms with Gasteiger partial charge in [0, 0.05) is 23.1 Å². The Morgan fingerprint density at radius 3 is 2.20 bits per heavy atom. The number of rotatable bonds is 11. The Morgan fingerprint density at radius 1 is 0.925 bits per heavy atom. The molecule has 2 amide bonds. The third-order valence-electron chi connectivity index (χ3n) is 6.74. The fourth-order valence-electron chi connectivity index (χ4n) is 4.06. The van der Waals surface area contributed by atoms with Crippen molar-refractivity contribution in [3.05, 3.63) is 93.0 Å². The minimum Gasteiger partial charge on any atom is -0.354 e. The quantitative estimate of drug-likeness (QED) is 0.289. The molecule has 0 unspecified atom stereocenters. The van der Waals surface area contributed by atoms with Crippen molar-refractivity contribution in [1.29, 1.82) is 0 Å². The van der Waals surface area contributed by atoms with E-state index in [9.17, 15) is 18.0 Å². The second-order valence-corrected chi connectivity index (χ2v) is 12.5. The topological polar surface area (TPSA) is 86.8 Å². The molecule has 1 atom stereocenters. The van der Waals surface area contributed by atoms with Crippen molar-refractivity contribution in [3.63, 3.8) is 0 Å². The zero-order valence-electron chi connectivity index (χ0n) is 23.4. The second-order valence-electron chi connectivity index (χ2n) is 9.82. The Hall–Kier alpha value is -3.07. The first-order valence-corrected chi connectivity index (χ1v) is 15.2. The molecule has 0 saturated heterocycles. The van der Waals surface area contributed by atoms with Gasteiger partial charge in [-0.2, -0.15) is 0 Å². The Kier molecular flexibility index (Phi) is 10.6. The van der Waals surface area contributed by atoms with E-state index in [-0.39, 0.29) is 17.3 Å². The van der Waals surface area contributed by atoms with Gasteiger partial charge in [0.15, 0.2) is 0 Å². The SMILES string of the molecule is CCCNC(=O)[C@@H](C)N(Cc1ccc(Cl)cc1Cl)C(=O)CN(c1ccc(C)c(C)c1)S(=O)(=O)c1ccc(C)cc1. The molecule has 7 nitrogen and oxygen atoms in total. The number of nitrogens with one attached hydrogen (secondary N) is 1. The van der Waals surface area contributed by atoms with E-state index in [1.165, 1.54) is 17.0 Å². The van der Waals surface area contributed by atoms with E-state index in [0.29, 0.717) is 27.8 Å². The van der Waals surface area contributed by atoms with Gasteiger partial charge in [-0.15, -0.1) is 0 Å². The first-order chi connectivity index (χ1) is 18.8. The van der Waals surface area contributed by atoms with Gasteiger partial charge in [0.2, 0.25) is 11.8 Å². The molecule has 0 heterocycles. The lowest BCUT2D eigenvalue weighted by Crippen LogP contribution is -2.51. The van der Waals surface area contributed by atoms with E-state index in [0.717, 1.165) is 27.4 Å². The molecule has 0 fully saturated rings. The van der Waals surface area contributed by atoms with Gasteiger partial charge in [0.25, 0.3) is 10.0 Å². The van der Waals surface area contributed by atoms with E-state index in [4.69, 9.17) is 23.2 Å². The Bertz CT molecular complexity index is 1480. The number of sulfonamides is 1. The van der Waals surface area contributed by atoms with Gasteiger partial charge in [-0.05, 0) is 87.2 Å². The van der Waals surface area contributed by atoms with Crippen LogP contribution in [0.4, 0.5) is 5.69 Å². The number of amides is 2. The summed E-state index contributed by atoms with van der Waals surface area (Å²) in [6.45, 7) is 9.13. The van der Waals surface area contributed by atoms with Crippen LogP contribution in [0.2, 0.25) is 10.0 Å². The van der Waals surface area contributed by atoms with E-state index in [1.807, 2.05) is 33.8 Å². The molecular weight excluding hydrogens is 569 g/mol. The van der Waals surface area contributed by atoms with Crippen LogP contribution in [0.1, 0.15) is 42.5 Å². The van der Waals surface area contributed by atoms with Crippen molar-refractivity contribution in [2.75, 3.05) is 17.4 Å². The van der Waals surface area contributed by atoms with Crippen LogP contribution in [0.15, 0.2) is 65.6 Å². The van der Waals surface area contributed by atoms with Gasteiger partial charge >= 0.3 is 0 Å². The first kappa shape index (κ1) is 31.5. The summed E-state index contributed by atoms with van der Waals surface area (Å²) in [5.74, 6) is -0.904. The summed E-state index contributed by atoms with van der Waals surface area (Å²) in [6.07, 6.45) is 0.727. The predicted molar refractivity (Wildman–Crippen MR) is 161 cm³/mol. The molecule has 0 aliphatic carbocycles. The van der Waals surface area contributed by atoms with Crippen molar-refractivity contribution in [2.24, 2.45) is 0 Å². The molecule has 0 saturated carbocycles. The third kappa shape index (κ3) is 7.56. The van der Waals surface area contributed by atoms with Crippen LogP contribution in [0, 0.1) is 20.8 Å². The standard InChI is InChI=1S/C30H35Cl2N3O4S/c1-6-15-33-30(37)23(5)34(18-24-10-11-25(31)17-28(24)32)29(36)19-35(26-12-9-21(3)22(4)16-26)40(38,39)27-13-7-20(2)8-14-27/h7-14,16-17,23H,6,15,18-19H2,1-5H3,(H,33,37)/t23-/m1/s1. The van der Waals surface area contributed by atoms with E-state index in [2.05, 4.69) is 5.32 Å². The highest BCUT2D eigenvalue weighted by Gasteiger charge is 2.33. The molecule has 10 heteroatoms. The van der Waals surface area contributed by atoms with Crippen LogP contribution < -0.4 is 9.62 Å². The number of anilines is 1. The number of carbonyl (C=O) groups excluding carboxylic acids is 2. The number of hydrogen-bond acceptors (Lipinski definition) is 4. The fraction of sp³-hybridized carbons (Fsp3) is 0.333. The molecule has 0 aliphatic heterocycles. The van der Waals surface area contributed by atoms with Gasteiger partial charge in [-0.25, -0.2) is 8.42 Å². The molecule has 1 N–H and O–H groups in total. The predicted octanol–water partition coefficient (Wildman–Crippen LogP) is 6.06. The first-order valence-electron chi connectivity index (χ1n) is 13.0. The highest BCUT2D eigenvalue weighted by Crippen LogP contribution is 2.28. The maximum absolute atomic E-state index is 14.0. The molecule has 214 valence electrons. The molecule has 0 spiro atoms. The van der Waals surface area contributed by atoms with Crippen molar-refractivity contribution in [1.82, 2.24) is 10.2 Å². The summed E-state index contributed by atoms with van der Waals surface area (Å²) in [5.41, 5.74) is 3.71. The van der Waals surface area contributed by atoms with Crippen LogP contribution in [0.3, 0.4) is 0 Å². The summed E-state index contributed by atoms with van der Waals surface area (Å²) < 4.78 is 29.0. The van der Waals surface area contributed by atoms with Gasteiger partial charge in [0.1, 0.15) is 12.6 Å². The van der Waals surface area contributed by atoms with Gasteiger partial charge < -0.3 is 10.2 Å². The molecule has 0 bridgehead atoms. The number of hydrogen-bond donors (Lipinski definition) is 1. The largest absolute Gasteiger partial charge is 0.354 e. The van der Waals surface area contributed by atoms with Gasteiger partial charge in [-0.3, -0.25) is 13.9 Å². The zero-order valence-corrected chi connectivity index (χ0v) is 25.7. The summed E-state index contributed by atoms with van der Waals surface area (Å²) in [6, 6.07) is 15.7. The van der Waals surface area contributed by atoms with Crippen LogP contribution in [-0.4, -0.2) is 44.3 Å². The highest BCUT2D eigenvalue weighted by atomic mass is 35.5. The molecule has 3 aromatic rings. The van der Waals surface area contributed by atoms with Crippen molar-refractivity contribution in [3.8, 4) is 0 Å². The lowest BCUT2D eigenvalue weighted by molar-refractivity contribution is -0.139. The van der Waals surface area contributed by atoms with Gasteiger partial charge in [-0.1, -0.05) is 60.0 Å². The fourth-order valence-corrected chi connectivity index (χ4v) is 5.93. The minimum atomic E-state index is -4.13. The Balaban J connectivity index is 2.06. The summed E-state index contributed by atoms with van der Waals surface area (Å²) >= 11 is 12.5. The number of nitrogens with zero attached hydrogens (tertiary/aromatic N) is 2. The average Bonchev–Trinajstić information content (AvgIpc) is 2.91. The molecular formula is C30H35Cl2N3O4S. The summed E-state index contributed by atoms with van der Waals surface area (Å²) in [4.78, 5) is 28.4. The molecule has 0 radical (unpaired) electrons. The van der Waals surface area contributed by atoms with Crippen molar-refractivity contribution >= 4 is 50.7 Å². The van der Waals surface area contributed by atoms with Crippen LogP contribution >= 0.6 is 23.2 Å². The Morgan fingerprint density at radius 2 is 1.60 bits per heavy atom. The summed E-state index contributed by atoms with van der Waals surface area (Å²) in [7, 11) is -4.13. The van der Waals surface area contributed by atoms with E-state index < -0.39 is 28.5 Å². The van der Waals surface area contributed by atoms with Gasteiger partial charge in [0.05, 0.1) is 10.6 Å². The molecule has 0 aliphatic rings. The smallest absolute Gasteiger partial charge is 0.264 e. The van der Waals surface area contributed by atoms with Crippen LogP contribution in [0.5, 0.6) is 0 Å². The maximum Gasteiger partial charge on any atom is 0.264 e. The Labute approximate surface area is 247 Å². The summed E-state index contributed by atoms with van der Waals surface area (Å²) in [5, 5.41) is 3.59. The maximum atomic E-state index is 14.0. The monoisotopic (exact) mass is 603 g/mol. The zero-order chi connectivity index (χ0) is 29.6. The molecule has 3 rings (SSSR count).